The Morgan fingerprint density at radius 3 is 2.84 bits per heavy atom. The molecule has 0 aliphatic carbocycles. The first-order chi connectivity index (χ1) is 12.1. The van der Waals surface area contributed by atoms with E-state index in [1.807, 2.05) is 6.07 Å². The number of carbonyl (C=O) groups is 1. The quantitative estimate of drug-likeness (QED) is 0.843. The van der Waals surface area contributed by atoms with Gasteiger partial charge in [0.25, 0.3) is 0 Å². The molecule has 0 bridgehead atoms. The van der Waals surface area contributed by atoms with Gasteiger partial charge in [-0.2, -0.15) is 5.10 Å². The van der Waals surface area contributed by atoms with E-state index in [9.17, 15) is 9.18 Å². The van der Waals surface area contributed by atoms with Crippen LogP contribution in [0.5, 0.6) is 0 Å². The van der Waals surface area contributed by atoms with Crippen molar-refractivity contribution in [3.63, 3.8) is 0 Å². The number of benzene rings is 1. The molecule has 0 amide bonds. The van der Waals surface area contributed by atoms with Crippen LogP contribution < -0.4 is 5.73 Å². The van der Waals surface area contributed by atoms with Crippen LogP contribution in [-0.4, -0.2) is 40.3 Å². The highest BCUT2D eigenvalue weighted by Gasteiger charge is 2.25. The second kappa shape index (κ2) is 7.65. The molecule has 1 aromatic heterocycles. The first-order valence-corrected chi connectivity index (χ1v) is 8.55. The number of hydrogen-bond acceptors (Lipinski definition) is 5. The second-order valence-corrected chi connectivity index (χ2v) is 6.25. The molecule has 6 nitrogen and oxygen atoms in total. The minimum absolute atomic E-state index is 0.159. The van der Waals surface area contributed by atoms with Crippen molar-refractivity contribution in [2.75, 3.05) is 25.4 Å². The number of halogens is 1. The molecule has 1 fully saturated rings. The lowest BCUT2D eigenvalue weighted by Gasteiger charge is -2.32. The molecule has 7 heteroatoms. The predicted octanol–water partition coefficient (Wildman–Crippen LogP) is 2.62. The van der Waals surface area contributed by atoms with E-state index in [0.717, 1.165) is 38.0 Å². The van der Waals surface area contributed by atoms with Gasteiger partial charge in [0.2, 0.25) is 0 Å². The van der Waals surface area contributed by atoms with Crippen LogP contribution >= 0.6 is 0 Å². The molecule has 0 radical (unpaired) electrons. The molecule has 1 aliphatic heterocycles. The fourth-order valence-electron chi connectivity index (χ4n) is 3.24. The molecule has 1 saturated heterocycles. The lowest BCUT2D eigenvalue weighted by atomic mass is 10.0. The summed E-state index contributed by atoms with van der Waals surface area (Å²) in [6.45, 7) is 4.53. The summed E-state index contributed by atoms with van der Waals surface area (Å²) in [6, 6.07) is 6.86. The molecule has 1 aliphatic rings. The number of likely N-dealkylation sites (tertiary alicyclic amines) is 1. The van der Waals surface area contributed by atoms with E-state index in [2.05, 4.69) is 10.00 Å². The Morgan fingerprint density at radius 2 is 2.16 bits per heavy atom. The molecule has 2 heterocycles. The van der Waals surface area contributed by atoms with Gasteiger partial charge in [-0.15, -0.1) is 0 Å². The number of piperidine rings is 1. The minimum atomic E-state index is -0.435. The number of rotatable bonds is 5. The highest BCUT2D eigenvalue weighted by molar-refractivity contribution is 5.94. The molecular weight excluding hydrogens is 323 g/mol. The van der Waals surface area contributed by atoms with Crippen molar-refractivity contribution in [1.29, 1.82) is 0 Å². The number of nitrogens with two attached hydrogens (primary N) is 1. The van der Waals surface area contributed by atoms with Crippen LogP contribution in [0.3, 0.4) is 0 Å². The maximum Gasteiger partial charge on any atom is 0.343 e. The van der Waals surface area contributed by atoms with Crippen LogP contribution in [0.15, 0.2) is 30.5 Å². The molecule has 1 aromatic carbocycles. The number of nitrogens with zero attached hydrogens (tertiary/aromatic N) is 3. The summed E-state index contributed by atoms with van der Waals surface area (Å²) in [4.78, 5) is 14.1. The Morgan fingerprint density at radius 1 is 1.40 bits per heavy atom. The molecule has 3 rings (SSSR count). The van der Waals surface area contributed by atoms with Gasteiger partial charge in [0.1, 0.15) is 17.2 Å². The zero-order valence-electron chi connectivity index (χ0n) is 14.3. The molecule has 2 aromatic rings. The Hall–Kier alpha value is -2.41. The van der Waals surface area contributed by atoms with Crippen molar-refractivity contribution in [1.82, 2.24) is 14.7 Å². The Balaban J connectivity index is 1.60. The standard InChI is InChI=1S/C18H23FN4O2/c1-2-25-18(24)16-11-21-23(17(16)20)15-6-8-22(9-7-15)12-13-4-3-5-14(19)10-13/h3-5,10-11,15H,2,6-9,12,20H2,1H3. The van der Waals surface area contributed by atoms with Crippen LogP contribution in [0.4, 0.5) is 10.2 Å². The third kappa shape index (κ3) is 3.99. The van der Waals surface area contributed by atoms with E-state index in [-0.39, 0.29) is 11.9 Å². The summed E-state index contributed by atoms with van der Waals surface area (Å²) in [5.74, 6) is -0.278. The normalized spacial score (nSPS) is 16.1. The van der Waals surface area contributed by atoms with Gasteiger partial charge < -0.3 is 10.5 Å². The minimum Gasteiger partial charge on any atom is -0.462 e. The van der Waals surface area contributed by atoms with Crippen LogP contribution in [0.2, 0.25) is 0 Å². The lowest BCUT2D eigenvalue weighted by Crippen LogP contribution is -2.34. The number of aromatic nitrogens is 2. The van der Waals surface area contributed by atoms with E-state index < -0.39 is 5.97 Å². The predicted molar refractivity (Wildman–Crippen MR) is 92.5 cm³/mol. The number of carbonyl (C=O) groups excluding carboxylic acids is 1. The molecule has 0 atom stereocenters. The summed E-state index contributed by atoms with van der Waals surface area (Å²) in [6.07, 6.45) is 3.24. The highest BCUT2D eigenvalue weighted by Crippen LogP contribution is 2.27. The zero-order valence-corrected chi connectivity index (χ0v) is 14.3. The van der Waals surface area contributed by atoms with Crippen LogP contribution in [0.25, 0.3) is 0 Å². The summed E-state index contributed by atoms with van der Waals surface area (Å²) < 4.78 is 20.0. The molecular formula is C18H23FN4O2. The van der Waals surface area contributed by atoms with E-state index >= 15 is 0 Å². The van der Waals surface area contributed by atoms with E-state index in [0.29, 0.717) is 18.0 Å². The van der Waals surface area contributed by atoms with Crippen molar-refractivity contribution < 1.29 is 13.9 Å². The molecule has 134 valence electrons. The van der Waals surface area contributed by atoms with Gasteiger partial charge >= 0.3 is 5.97 Å². The van der Waals surface area contributed by atoms with Crippen molar-refractivity contribution in [2.45, 2.75) is 32.4 Å². The van der Waals surface area contributed by atoms with Crippen molar-refractivity contribution in [3.8, 4) is 0 Å². The molecule has 0 saturated carbocycles. The number of ether oxygens (including phenoxy) is 1. The third-order valence-corrected chi connectivity index (χ3v) is 4.53. The largest absolute Gasteiger partial charge is 0.462 e. The van der Waals surface area contributed by atoms with E-state index in [1.54, 1.807) is 23.7 Å². The molecule has 0 unspecified atom stereocenters. The van der Waals surface area contributed by atoms with Gasteiger partial charge in [-0.25, -0.2) is 13.9 Å². The summed E-state index contributed by atoms with van der Waals surface area (Å²) in [5, 5.41) is 4.29. The van der Waals surface area contributed by atoms with Crippen LogP contribution in [-0.2, 0) is 11.3 Å². The van der Waals surface area contributed by atoms with Crippen LogP contribution in [0, 0.1) is 5.82 Å². The van der Waals surface area contributed by atoms with E-state index in [4.69, 9.17) is 10.5 Å². The van der Waals surface area contributed by atoms with E-state index in [1.165, 1.54) is 12.3 Å². The third-order valence-electron chi connectivity index (χ3n) is 4.53. The summed E-state index contributed by atoms with van der Waals surface area (Å²) in [7, 11) is 0. The lowest BCUT2D eigenvalue weighted by molar-refractivity contribution is 0.0527. The maximum atomic E-state index is 13.3. The summed E-state index contributed by atoms with van der Waals surface area (Å²) >= 11 is 0. The maximum absolute atomic E-state index is 13.3. The van der Waals surface area contributed by atoms with Gasteiger partial charge in [0.15, 0.2) is 0 Å². The van der Waals surface area contributed by atoms with Gasteiger partial charge in [0, 0.05) is 19.6 Å². The smallest absolute Gasteiger partial charge is 0.343 e. The SMILES string of the molecule is CCOC(=O)c1cnn(C2CCN(Cc3cccc(F)c3)CC2)c1N. The number of anilines is 1. The highest BCUT2D eigenvalue weighted by atomic mass is 19.1. The average molecular weight is 346 g/mol. The van der Waals surface area contributed by atoms with Crippen LogP contribution in [0.1, 0.15) is 41.7 Å². The van der Waals surface area contributed by atoms with Gasteiger partial charge in [0.05, 0.1) is 18.8 Å². The molecule has 25 heavy (non-hydrogen) atoms. The van der Waals surface area contributed by atoms with Gasteiger partial charge in [-0.05, 0) is 37.5 Å². The van der Waals surface area contributed by atoms with Crippen molar-refractivity contribution in [3.05, 3.63) is 47.4 Å². The Bertz CT molecular complexity index is 738. The fourth-order valence-corrected chi connectivity index (χ4v) is 3.24. The monoisotopic (exact) mass is 346 g/mol. The number of hydrogen-bond donors (Lipinski definition) is 1. The first kappa shape index (κ1) is 17.4. The van der Waals surface area contributed by atoms with Gasteiger partial charge in [-0.3, -0.25) is 4.90 Å². The summed E-state index contributed by atoms with van der Waals surface area (Å²) in [5.41, 5.74) is 7.38. The second-order valence-electron chi connectivity index (χ2n) is 6.25. The van der Waals surface area contributed by atoms with Gasteiger partial charge in [-0.1, -0.05) is 12.1 Å². The number of nitrogen functional groups attached to an aromatic ring is 1. The number of esters is 1. The van der Waals surface area contributed by atoms with Crippen molar-refractivity contribution in [2.24, 2.45) is 0 Å². The molecule has 2 N–H and O–H groups in total. The fraction of sp³-hybridized carbons (Fsp3) is 0.444. The Kier molecular flexibility index (Phi) is 5.33. The first-order valence-electron chi connectivity index (χ1n) is 8.55. The van der Waals surface area contributed by atoms with Crippen molar-refractivity contribution >= 4 is 11.8 Å². The zero-order chi connectivity index (χ0) is 17.8. The average Bonchev–Trinajstić information content (AvgIpc) is 2.97. The molecule has 0 spiro atoms. The topological polar surface area (TPSA) is 73.4 Å². The Labute approximate surface area is 146 Å².